The van der Waals surface area contributed by atoms with Crippen molar-refractivity contribution in [2.45, 2.75) is 38.9 Å². The molecular weight excluding hydrogens is 154 g/mol. The van der Waals surface area contributed by atoms with Gasteiger partial charge in [-0.3, -0.25) is 0 Å². The number of rotatable bonds is 3. The zero-order valence-corrected chi connectivity index (χ0v) is 8.42. The van der Waals surface area contributed by atoms with Crippen LogP contribution in [0.3, 0.4) is 0 Å². The quantitative estimate of drug-likeness (QED) is 0.571. The van der Waals surface area contributed by atoms with E-state index in [2.05, 4.69) is 33.5 Å². The summed E-state index contributed by atoms with van der Waals surface area (Å²) in [4.78, 5) is 0. The summed E-state index contributed by atoms with van der Waals surface area (Å²) < 4.78 is 0. The highest BCUT2D eigenvalue weighted by Gasteiger charge is 2.18. The minimum atomic E-state index is 0.979. The Morgan fingerprint density at radius 2 is 2.15 bits per heavy atom. The van der Waals surface area contributed by atoms with Gasteiger partial charge in [-0.25, -0.2) is 0 Å². The van der Waals surface area contributed by atoms with Gasteiger partial charge in [-0.1, -0.05) is 44.7 Å². The summed E-state index contributed by atoms with van der Waals surface area (Å²) in [5.41, 5.74) is 1.54. The molecule has 1 heterocycles. The molecule has 1 aliphatic heterocycles. The second kappa shape index (κ2) is 4.21. The van der Waals surface area contributed by atoms with Crippen LogP contribution in [0.25, 0.3) is 0 Å². The summed E-state index contributed by atoms with van der Waals surface area (Å²) in [5.74, 6) is 0.979. The first-order valence-electron chi connectivity index (χ1n) is 5.43. The van der Waals surface area contributed by atoms with Gasteiger partial charge in [0.25, 0.3) is 0 Å². The third kappa shape index (κ3) is 2.30. The van der Waals surface area contributed by atoms with Crippen LogP contribution >= 0.6 is 0 Å². The summed E-state index contributed by atoms with van der Waals surface area (Å²) >= 11 is 0. The van der Waals surface area contributed by atoms with Gasteiger partial charge in [0.15, 0.2) is 7.28 Å². The zero-order chi connectivity index (χ0) is 9.10. The highest BCUT2D eigenvalue weighted by Crippen LogP contribution is 2.31. The highest BCUT2D eigenvalue weighted by molar-refractivity contribution is 6.73. The molecule has 0 aromatic heterocycles. The second-order valence-corrected chi connectivity index (χ2v) is 4.20. The van der Waals surface area contributed by atoms with Crippen molar-refractivity contribution in [2.24, 2.45) is 5.92 Å². The van der Waals surface area contributed by atoms with Crippen molar-refractivity contribution in [3.05, 3.63) is 23.0 Å². The first-order chi connectivity index (χ1) is 6.38. The number of hydrogen-bond acceptors (Lipinski definition) is 0. The summed E-state index contributed by atoms with van der Waals surface area (Å²) in [6.07, 6.45) is 11.6. The van der Waals surface area contributed by atoms with Gasteiger partial charge in [0.05, 0.1) is 0 Å². The van der Waals surface area contributed by atoms with E-state index >= 15 is 0 Å². The van der Waals surface area contributed by atoms with Crippen LogP contribution in [0.4, 0.5) is 0 Å². The lowest BCUT2D eigenvalue weighted by atomic mass is 9.49. The van der Waals surface area contributed by atoms with Crippen LogP contribution in [-0.4, -0.2) is 14.6 Å². The van der Waals surface area contributed by atoms with E-state index in [1.807, 2.05) is 0 Å². The van der Waals surface area contributed by atoms with Crippen molar-refractivity contribution in [1.82, 2.24) is 0 Å². The van der Waals surface area contributed by atoms with Crippen LogP contribution in [0.5, 0.6) is 0 Å². The maximum atomic E-state index is 2.33. The molecule has 0 saturated heterocycles. The Labute approximate surface area is 83.0 Å². The first-order valence-corrected chi connectivity index (χ1v) is 5.43. The third-order valence-electron chi connectivity index (χ3n) is 3.17. The van der Waals surface area contributed by atoms with Crippen LogP contribution in [0.15, 0.2) is 23.0 Å². The summed E-state index contributed by atoms with van der Waals surface area (Å²) in [5, 5.41) is 1.38. The maximum Gasteiger partial charge on any atom is 0.168 e. The predicted molar refractivity (Wildman–Crippen MR) is 60.1 cm³/mol. The molecule has 0 unspecified atom stereocenters. The normalized spacial score (nSPS) is 22.5. The van der Waals surface area contributed by atoms with E-state index in [-0.39, 0.29) is 0 Å². The molecule has 2 aliphatic rings. The number of hydrogen-bond donors (Lipinski definition) is 0. The van der Waals surface area contributed by atoms with E-state index < -0.39 is 0 Å². The van der Waals surface area contributed by atoms with Gasteiger partial charge in [0, 0.05) is 0 Å². The highest BCUT2D eigenvalue weighted by atomic mass is 14.2. The first kappa shape index (κ1) is 9.18. The van der Waals surface area contributed by atoms with Crippen LogP contribution < -0.4 is 0 Å². The largest absolute Gasteiger partial charge is 0.168 e. The van der Waals surface area contributed by atoms with Gasteiger partial charge in [0.2, 0.25) is 0 Å². The van der Waals surface area contributed by atoms with E-state index in [1.54, 1.807) is 5.47 Å². The average molecular weight is 170 g/mol. The van der Waals surface area contributed by atoms with Crippen LogP contribution in [0, 0.1) is 5.92 Å². The molecule has 13 heavy (non-hydrogen) atoms. The third-order valence-corrected chi connectivity index (χ3v) is 3.17. The topological polar surface area (TPSA) is 0 Å². The van der Waals surface area contributed by atoms with Crippen LogP contribution in [-0.2, 0) is 0 Å². The maximum absolute atomic E-state index is 2.33. The van der Waals surface area contributed by atoms with Crippen LogP contribution in [0.2, 0.25) is 6.82 Å². The van der Waals surface area contributed by atoms with Crippen molar-refractivity contribution in [2.75, 3.05) is 0 Å². The number of allylic oxidation sites excluding steroid dienone is 3. The molecule has 0 aromatic carbocycles. The fourth-order valence-electron chi connectivity index (χ4n) is 2.37. The smallest absolute Gasteiger partial charge is 0.139 e. The zero-order valence-electron chi connectivity index (χ0n) is 8.42. The van der Waals surface area contributed by atoms with E-state index in [0.717, 1.165) is 5.92 Å². The lowest BCUT2D eigenvalue weighted by molar-refractivity contribution is 0.553. The monoisotopic (exact) mass is 170 g/mol. The fourth-order valence-corrected chi connectivity index (χ4v) is 2.37. The van der Waals surface area contributed by atoms with Crippen molar-refractivity contribution < 1.29 is 0 Å². The minimum absolute atomic E-state index is 0.979. The van der Waals surface area contributed by atoms with Gasteiger partial charge < -0.3 is 0 Å². The lowest BCUT2D eigenvalue weighted by Gasteiger charge is -2.09. The molecule has 1 fully saturated rings. The Balaban J connectivity index is 1.78. The SMILES string of the molecule is C[B]C1=CC=C(CC2CCCC2)[B]1. The Kier molecular flexibility index (Phi) is 2.97. The van der Waals surface area contributed by atoms with E-state index in [1.165, 1.54) is 37.5 Å². The fraction of sp³-hybridized carbons (Fsp3) is 0.636. The Morgan fingerprint density at radius 3 is 2.77 bits per heavy atom. The van der Waals surface area contributed by atoms with E-state index in [0.29, 0.717) is 0 Å². The molecular formula is C11H16B2. The lowest BCUT2D eigenvalue weighted by Crippen LogP contribution is -2.04. The molecule has 0 bridgehead atoms. The van der Waals surface area contributed by atoms with Gasteiger partial charge in [-0.2, -0.15) is 0 Å². The van der Waals surface area contributed by atoms with Gasteiger partial charge in [0.1, 0.15) is 7.28 Å². The molecule has 2 radical (unpaired) electrons. The van der Waals surface area contributed by atoms with Gasteiger partial charge >= 0.3 is 0 Å². The molecule has 0 aromatic rings. The second-order valence-electron chi connectivity index (χ2n) is 4.20. The average Bonchev–Trinajstić information content (AvgIpc) is 2.76. The molecule has 66 valence electrons. The molecule has 1 aliphatic carbocycles. The predicted octanol–water partition coefficient (Wildman–Crippen LogP) is 2.76. The van der Waals surface area contributed by atoms with Crippen molar-refractivity contribution in [1.29, 1.82) is 0 Å². The summed E-state index contributed by atoms with van der Waals surface area (Å²) in [7, 11) is 4.51. The molecule has 0 N–H and O–H groups in total. The summed E-state index contributed by atoms with van der Waals surface area (Å²) in [6.45, 7) is 2.11. The van der Waals surface area contributed by atoms with Crippen LogP contribution in [0.1, 0.15) is 32.1 Å². The van der Waals surface area contributed by atoms with Gasteiger partial charge in [-0.05, 0) is 12.3 Å². The Morgan fingerprint density at radius 1 is 1.38 bits per heavy atom. The Bertz CT molecular complexity index is 234. The van der Waals surface area contributed by atoms with E-state index in [4.69, 9.17) is 0 Å². The molecule has 0 spiro atoms. The van der Waals surface area contributed by atoms with Crippen molar-refractivity contribution in [3.8, 4) is 0 Å². The molecule has 2 heteroatoms. The standard InChI is InChI=1S/C11H16B2/c1-12-11-7-6-10(13-11)8-9-4-2-3-5-9/h6-7,9H,2-5,8H2,1H3. The molecule has 1 saturated carbocycles. The van der Waals surface area contributed by atoms with Gasteiger partial charge in [-0.15, -0.1) is 10.8 Å². The van der Waals surface area contributed by atoms with E-state index in [9.17, 15) is 0 Å². The Hall–Kier alpha value is -0.390. The minimum Gasteiger partial charge on any atom is -0.139 e. The molecule has 0 nitrogen and oxygen atoms in total. The molecule has 2 rings (SSSR count). The molecule has 0 atom stereocenters. The summed E-state index contributed by atoms with van der Waals surface area (Å²) in [6, 6.07) is 0. The molecule has 0 amide bonds. The van der Waals surface area contributed by atoms with Crippen molar-refractivity contribution in [3.63, 3.8) is 0 Å². The van der Waals surface area contributed by atoms with Crippen molar-refractivity contribution >= 4 is 14.6 Å².